The van der Waals surface area contributed by atoms with E-state index in [1.165, 1.54) is 24.3 Å². The fraction of sp³-hybridized carbons (Fsp3) is 0.684. The molecule has 1 aromatic rings. The Hall–Kier alpha value is -0.630. The Kier molecular flexibility index (Phi) is 9.45. The van der Waals surface area contributed by atoms with E-state index in [0.29, 0.717) is 5.56 Å². The molecule has 2 unspecified atom stereocenters. The molecule has 0 aliphatic carbocycles. The van der Waals surface area contributed by atoms with E-state index >= 15 is 0 Å². The van der Waals surface area contributed by atoms with Crippen molar-refractivity contribution in [1.29, 1.82) is 0 Å². The molecule has 1 aromatic carbocycles. The maximum Gasteiger partial charge on any atom is 0.281 e. The Morgan fingerprint density at radius 3 is 1.93 bits per heavy atom. The highest BCUT2D eigenvalue weighted by Crippen LogP contribution is 2.66. The predicted octanol–water partition coefficient (Wildman–Crippen LogP) is 4.72. The van der Waals surface area contributed by atoms with Gasteiger partial charge in [-0.05, 0) is 66.2 Å². The van der Waals surface area contributed by atoms with Gasteiger partial charge < -0.3 is 14.0 Å². The molecule has 0 amide bonds. The van der Waals surface area contributed by atoms with Crippen LogP contribution in [0, 0.1) is 5.82 Å². The van der Waals surface area contributed by atoms with Crippen molar-refractivity contribution in [3.05, 3.63) is 35.6 Å². The molecule has 0 aliphatic rings. The number of rotatable bonds is 11. The zero-order chi connectivity index (χ0) is 21.6. The van der Waals surface area contributed by atoms with E-state index in [1.54, 1.807) is 48.5 Å². The van der Waals surface area contributed by atoms with Crippen molar-refractivity contribution in [2.45, 2.75) is 64.5 Å². The molecular weight excluding hydrogens is 404 g/mol. The summed E-state index contributed by atoms with van der Waals surface area (Å²) in [7, 11) is -5.41. The molecule has 0 bridgehead atoms. The lowest BCUT2D eigenvalue weighted by molar-refractivity contribution is -0.0911. The Balaban J connectivity index is 3.65. The molecule has 0 radical (unpaired) electrons. The van der Waals surface area contributed by atoms with E-state index in [0.717, 1.165) is 0 Å². The van der Waals surface area contributed by atoms with Gasteiger partial charge in [0.15, 0.2) is 0 Å². The highest BCUT2D eigenvalue weighted by Gasteiger charge is 2.55. The fourth-order valence-corrected chi connectivity index (χ4v) is 6.46. The van der Waals surface area contributed by atoms with Gasteiger partial charge in [-0.15, -0.1) is 0 Å². The minimum atomic E-state index is -3.82. The van der Waals surface area contributed by atoms with Gasteiger partial charge in [-0.25, -0.2) is 13.3 Å². The summed E-state index contributed by atoms with van der Waals surface area (Å²) in [6.45, 7) is 12.9. The first-order chi connectivity index (χ1) is 13.0. The highest BCUT2D eigenvalue weighted by atomic mass is 32.2. The lowest BCUT2D eigenvalue weighted by atomic mass is 10.1. The third kappa shape index (κ3) is 5.71. The Morgan fingerprint density at radius 1 is 1.04 bits per heavy atom. The average Bonchev–Trinajstić information content (AvgIpc) is 2.61. The van der Waals surface area contributed by atoms with Gasteiger partial charge in [-0.3, -0.25) is 4.57 Å². The van der Waals surface area contributed by atoms with Crippen molar-refractivity contribution < 1.29 is 27.2 Å². The number of ether oxygens (including phenoxy) is 2. The van der Waals surface area contributed by atoms with E-state index < -0.39 is 40.2 Å². The molecule has 28 heavy (non-hydrogen) atoms. The van der Waals surface area contributed by atoms with Gasteiger partial charge in [0.05, 0.1) is 22.3 Å². The Labute approximate surface area is 170 Å². The molecule has 1 rings (SSSR count). The lowest BCUT2D eigenvalue weighted by Gasteiger charge is -2.42. The first-order valence-electron chi connectivity index (χ1n) is 9.39. The number of benzene rings is 1. The molecule has 0 fully saturated rings. The zero-order valence-electron chi connectivity index (χ0n) is 17.8. The summed E-state index contributed by atoms with van der Waals surface area (Å²) in [6, 6.07) is 4.37. The second-order valence-electron chi connectivity index (χ2n) is 7.29. The van der Waals surface area contributed by atoms with Crippen LogP contribution < -0.4 is 4.72 Å². The number of hydrogen-bond donors (Lipinski definition) is 1. The summed E-state index contributed by atoms with van der Waals surface area (Å²) in [4.78, 5) is 0. The lowest BCUT2D eigenvalue weighted by Crippen LogP contribution is -2.48. The molecule has 9 heteroatoms. The fourth-order valence-electron chi connectivity index (χ4n) is 2.53. The molecule has 3 atom stereocenters. The van der Waals surface area contributed by atoms with Crippen LogP contribution in [0.15, 0.2) is 24.3 Å². The van der Waals surface area contributed by atoms with E-state index in [-0.39, 0.29) is 19.8 Å². The van der Waals surface area contributed by atoms with Gasteiger partial charge in [-0.2, -0.15) is 0 Å². The summed E-state index contributed by atoms with van der Waals surface area (Å²) in [5.41, 5.74) is 0.465. The summed E-state index contributed by atoms with van der Waals surface area (Å²) in [5.74, 6) is -0.430. The summed E-state index contributed by atoms with van der Waals surface area (Å²) >= 11 is 0. The maximum absolute atomic E-state index is 14.3. The van der Waals surface area contributed by atoms with Gasteiger partial charge in [-0.1, -0.05) is 12.1 Å². The van der Waals surface area contributed by atoms with Crippen LogP contribution in [0.3, 0.4) is 0 Å². The smallest absolute Gasteiger partial charge is 0.281 e. The first kappa shape index (κ1) is 25.4. The molecule has 0 heterocycles. The first-order valence-corrected chi connectivity index (χ1v) is 12.2. The summed E-state index contributed by atoms with van der Waals surface area (Å²) in [5, 5.41) is -1.44. The molecule has 1 N–H and O–H groups in total. The third-order valence-corrected chi connectivity index (χ3v) is 9.06. The van der Waals surface area contributed by atoms with Crippen molar-refractivity contribution in [2.24, 2.45) is 0 Å². The van der Waals surface area contributed by atoms with E-state index in [2.05, 4.69) is 4.72 Å². The van der Waals surface area contributed by atoms with Crippen LogP contribution in [0.25, 0.3) is 0 Å². The van der Waals surface area contributed by atoms with Crippen molar-refractivity contribution in [1.82, 2.24) is 4.72 Å². The number of halogens is 1. The van der Waals surface area contributed by atoms with Crippen LogP contribution in [0.1, 0.15) is 54.0 Å². The third-order valence-electron chi connectivity index (χ3n) is 4.09. The second-order valence-corrected chi connectivity index (χ2v) is 12.0. The standard InChI is InChI=1S/C19H33FNO5PS/c1-8-24-17(25-9-2)27(22,26-10-3)19(7,21-28(23)18(4,5)6)15-11-13-16(20)14-12-15/h11-14,17,21H,8-10H2,1-7H3/t19-,27?,28?/m1/s1. The monoisotopic (exact) mass is 437 g/mol. The molecule has 0 aromatic heterocycles. The van der Waals surface area contributed by atoms with Gasteiger partial charge in [0.2, 0.25) is 6.03 Å². The molecule has 6 nitrogen and oxygen atoms in total. The van der Waals surface area contributed by atoms with Gasteiger partial charge in [0.1, 0.15) is 11.1 Å². The molecular formula is C19H33FNO5PS. The molecule has 162 valence electrons. The zero-order valence-corrected chi connectivity index (χ0v) is 19.5. The van der Waals surface area contributed by atoms with Gasteiger partial charge in [0, 0.05) is 13.2 Å². The Bertz CT molecular complexity index is 689. The predicted molar refractivity (Wildman–Crippen MR) is 111 cm³/mol. The van der Waals surface area contributed by atoms with Crippen LogP contribution >= 0.6 is 7.37 Å². The minimum absolute atomic E-state index is 0.133. The topological polar surface area (TPSA) is 73.9 Å². The van der Waals surface area contributed by atoms with Gasteiger partial charge in [0.25, 0.3) is 7.37 Å². The van der Waals surface area contributed by atoms with Crippen molar-refractivity contribution >= 4 is 18.4 Å². The van der Waals surface area contributed by atoms with Crippen molar-refractivity contribution in [3.63, 3.8) is 0 Å². The van der Waals surface area contributed by atoms with Crippen molar-refractivity contribution in [2.75, 3.05) is 19.8 Å². The van der Waals surface area contributed by atoms with E-state index in [9.17, 15) is 13.2 Å². The van der Waals surface area contributed by atoms with Crippen LogP contribution in [-0.2, 0) is 34.8 Å². The highest BCUT2D eigenvalue weighted by molar-refractivity contribution is 7.85. The number of nitrogens with one attached hydrogen (secondary N) is 1. The molecule has 0 saturated carbocycles. The molecule has 0 spiro atoms. The summed E-state index contributed by atoms with van der Waals surface area (Å²) in [6.07, 6.45) is 0. The minimum Gasteiger partial charge on any atom is -0.345 e. The number of hydrogen-bond acceptors (Lipinski definition) is 5. The Morgan fingerprint density at radius 2 is 1.54 bits per heavy atom. The van der Waals surface area contributed by atoms with Gasteiger partial charge >= 0.3 is 0 Å². The molecule has 0 aliphatic heterocycles. The summed E-state index contributed by atoms with van der Waals surface area (Å²) < 4.78 is 60.2. The van der Waals surface area contributed by atoms with Crippen molar-refractivity contribution in [3.8, 4) is 0 Å². The van der Waals surface area contributed by atoms with Crippen LogP contribution in [0.5, 0.6) is 0 Å². The van der Waals surface area contributed by atoms with Crippen LogP contribution in [0.2, 0.25) is 0 Å². The van der Waals surface area contributed by atoms with E-state index in [4.69, 9.17) is 14.0 Å². The van der Waals surface area contributed by atoms with Crippen LogP contribution in [0.4, 0.5) is 4.39 Å². The SMILES string of the molecule is CCOC(OCC)P(=O)(OCC)[C@@](C)(NS(=O)C(C)(C)C)c1ccc(F)cc1. The second kappa shape index (κ2) is 10.4. The van der Waals surface area contributed by atoms with Crippen LogP contribution in [-0.4, -0.2) is 34.8 Å². The molecule has 0 saturated heterocycles. The quantitative estimate of drug-likeness (QED) is 0.401. The average molecular weight is 438 g/mol. The maximum atomic E-state index is 14.3. The van der Waals surface area contributed by atoms with E-state index in [1.807, 2.05) is 0 Å². The normalized spacial score (nSPS) is 17.9. The largest absolute Gasteiger partial charge is 0.345 e.